The van der Waals surface area contributed by atoms with E-state index in [4.69, 9.17) is 18.0 Å². The number of halogens is 1. The van der Waals surface area contributed by atoms with E-state index in [-0.39, 0.29) is 10.8 Å². The molecule has 19 heavy (non-hydrogen) atoms. The van der Waals surface area contributed by atoms with Crippen LogP contribution in [0.2, 0.25) is 0 Å². The molecule has 1 aliphatic heterocycles. The summed E-state index contributed by atoms with van der Waals surface area (Å²) in [6, 6.07) is 4.91. The van der Waals surface area contributed by atoms with Crippen molar-refractivity contribution in [2.45, 2.75) is 25.8 Å². The Morgan fingerprint density at radius 1 is 1.58 bits per heavy atom. The van der Waals surface area contributed by atoms with Gasteiger partial charge in [0.05, 0.1) is 0 Å². The van der Waals surface area contributed by atoms with Crippen molar-refractivity contribution < 1.29 is 4.39 Å². The predicted octanol–water partition coefficient (Wildman–Crippen LogP) is 2.36. The zero-order valence-corrected chi connectivity index (χ0v) is 12.0. The fourth-order valence-corrected chi connectivity index (χ4v) is 2.70. The summed E-state index contributed by atoms with van der Waals surface area (Å²) in [4.78, 5) is 2.63. The van der Waals surface area contributed by atoms with Crippen molar-refractivity contribution in [1.29, 1.82) is 0 Å². The molecule has 1 aromatic carbocycles. The molecule has 0 aliphatic carbocycles. The van der Waals surface area contributed by atoms with Crippen LogP contribution in [0.15, 0.2) is 18.2 Å². The largest absolute Gasteiger partial charge is 0.389 e. The number of anilines is 1. The highest BCUT2D eigenvalue weighted by atomic mass is 32.1. The molecule has 1 unspecified atom stereocenters. The average molecular weight is 281 g/mol. The molecule has 0 spiro atoms. The average Bonchev–Trinajstić information content (AvgIpc) is 2.41. The van der Waals surface area contributed by atoms with Crippen LogP contribution >= 0.6 is 12.2 Å². The number of rotatable bonds is 4. The topological polar surface area (TPSA) is 41.3 Å². The fourth-order valence-electron chi connectivity index (χ4n) is 2.53. The van der Waals surface area contributed by atoms with Crippen molar-refractivity contribution in [3.8, 4) is 0 Å². The highest BCUT2D eigenvalue weighted by molar-refractivity contribution is 7.80. The van der Waals surface area contributed by atoms with E-state index >= 15 is 0 Å². The molecule has 104 valence electrons. The maximum atomic E-state index is 13.3. The lowest BCUT2D eigenvalue weighted by Crippen LogP contribution is -2.42. The number of nitrogens with two attached hydrogens (primary N) is 1. The Bertz CT molecular complexity index is 464. The van der Waals surface area contributed by atoms with E-state index < -0.39 is 0 Å². The summed E-state index contributed by atoms with van der Waals surface area (Å²) < 4.78 is 13.3. The first-order valence-electron chi connectivity index (χ1n) is 6.68. The van der Waals surface area contributed by atoms with Crippen molar-refractivity contribution >= 4 is 22.9 Å². The highest BCUT2D eigenvalue weighted by Crippen LogP contribution is 2.21. The molecule has 3 nitrogen and oxygen atoms in total. The Morgan fingerprint density at radius 3 is 3.05 bits per heavy atom. The lowest BCUT2D eigenvalue weighted by Gasteiger charge is -2.33. The maximum absolute atomic E-state index is 13.3. The molecule has 0 bridgehead atoms. The van der Waals surface area contributed by atoms with Crippen molar-refractivity contribution in [2.75, 3.05) is 25.0 Å². The van der Waals surface area contributed by atoms with Crippen LogP contribution in [-0.4, -0.2) is 35.6 Å². The van der Waals surface area contributed by atoms with Crippen LogP contribution in [0.3, 0.4) is 0 Å². The van der Waals surface area contributed by atoms with E-state index in [0.717, 1.165) is 31.7 Å². The predicted molar refractivity (Wildman–Crippen MR) is 81.0 cm³/mol. The van der Waals surface area contributed by atoms with E-state index in [0.29, 0.717) is 11.6 Å². The molecule has 1 aliphatic rings. The minimum absolute atomic E-state index is 0.227. The second kappa shape index (κ2) is 6.30. The van der Waals surface area contributed by atoms with Crippen LogP contribution in [-0.2, 0) is 0 Å². The smallest absolute Gasteiger partial charge is 0.124 e. The van der Waals surface area contributed by atoms with Crippen molar-refractivity contribution in [3.05, 3.63) is 29.6 Å². The normalized spacial score (nSPS) is 20.2. The number of likely N-dealkylation sites (N-methyl/N-ethyl adjacent to an activating group) is 1. The Morgan fingerprint density at radius 2 is 2.37 bits per heavy atom. The zero-order chi connectivity index (χ0) is 13.8. The van der Waals surface area contributed by atoms with Gasteiger partial charge in [-0.15, -0.1) is 0 Å². The van der Waals surface area contributed by atoms with Gasteiger partial charge in [0.1, 0.15) is 10.8 Å². The van der Waals surface area contributed by atoms with Crippen LogP contribution in [0.1, 0.15) is 25.3 Å². The van der Waals surface area contributed by atoms with Gasteiger partial charge in [-0.05, 0) is 44.1 Å². The number of nitrogens with one attached hydrogen (secondary N) is 1. The van der Waals surface area contributed by atoms with Crippen molar-refractivity contribution in [3.63, 3.8) is 0 Å². The number of hydrogen-bond acceptors (Lipinski definition) is 3. The molecular weight excluding hydrogens is 261 g/mol. The van der Waals surface area contributed by atoms with Gasteiger partial charge >= 0.3 is 0 Å². The molecule has 0 aromatic heterocycles. The Labute approximate surface area is 119 Å². The molecular formula is C14H20FN3S. The van der Waals surface area contributed by atoms with Crippen LogP contribution in [0.4, 0.5) is 10.1 Å². The third-order valence-corrected chi connectivity index (χ3v) is 3.78. The molecule has 3 N–H and O–H groups in total. The number of nitrogens with zero attached hydrogens (tertiary/aromatic N) is 1. The molecule has 0 saturated carbocycles. The first-order chi connectivity index (χ1) is 9.10. The van der Waals surface area contributed by atoms with E-state index in [1.807, 2.05) is 0 Å². The molecule has 2 rings (SSSR count). The Hall–Kier alpha value is -1.20. The minimum atomic E-state index is -0.313. The standard InChI is InChI=1S/C14H20FN3S/c1-2-18-7-3-4-11(9-18)17-13-6-5-10(15)8-12(13)14(16)19/h5-6,8,11,17H,2-4,7,9H2,1H3,(H2,16,19). The van der Waals surface area contributed by atoms with Crippen LogP contribution in [0.5, 0.6) is 0 Å². The van der Waals surface area contributed by atoms with E-state index in [9.17, 15) is 4.39 Å². The van der Waals surface area contributed by atoms with Crippen LogP contribution in [0, 0.1) is 5.82 Å². The number of piperidine rings is 1. The summed E-state index contributed by atoms with van der Waals surface area (Å²) in [5.41, 5.74) is 7.07. The molecule has 1 fully saturated rings. The first-order valence-corrected chi connectivity index (χ1v) is 7.09. The van der Waals surface area contributed by atoms with Gasteiger partial charge in [-0.3, -0.25) is 0 Å². The monoisotopic (exact) mass is 281 g/mol. The third-order valence-electron chi connectivity index (χ3n) is 3.56. The summed E-state index contributed by atoms with van der Waals surface area (Å²) in [5.74, 6) is -0.313. The van der Waals surface area contributed by atoms with Gasteiger partial charge in [-0.1, -0.05) is 19.1 Å². The number of thiocarbonyl (C=S) groups is 1. The van der Waals surface area contributed by atoms with Gasteiger partial charge in [0, 0.05) is 23.8 Å². The van der Waals surface area contributed by atoms with Gasteiger partial charge in [0.15, 0.2) is 0 Å². The molecule has 1 atom stereocenters. The lowest BCUT2D eigenvalue weighted by atomic mass is 10.0. The van der Waals surface area contributed by atoms with E-state index in [1.165, 1.54) is 18.6 Å². The molecule has 0 radical (unpaired) electrons. The van der Waals surface area contributed by atoms with Crippen LogP contribution in [0.25, 0.3) is 0 Å². The van der Waals surface area contributed by atoms with Gasteiger partial charge in [-0.2, -0.15) is 0 Å². The van der Waals surface area contributed by atoms with Gasteiger partial charge in [0.25, 0.3) is 0 Å². The molecule has 1 heterocycles. The summed E-state index contributed by atoms with van der Waals surface area (Å²) in [7, 11) is 0. The number of likely N-dealkylation sites (tertiary alicyclic amines) is 1. The lowest BCUT2D eigenvalue weighted by molar-refractivity contribution is 0.227. The molecule has 1 aromatic rings. The molecule has 1 saturated heterocycles. The van der Waals surface area contributed by atoms with E-state index in [2.05, 4.69) is 17.1 Å². The maximum Gasteiger partial charge on any atom is 0.124 e. The fraction of sp³-hybridized carbons (Fsp3) is 0.500. The first kappa shape index (κ1) is 14.2. The summed E-state index contributed by atoms with van der Waals surface area (Å²) >= 11 is 4.98. The summed E-state index contributed by atoms with van der Waals surface area (Å²) in [6.07, 6.45) is 2.29. The van der Waals surface area contributed by atoms with Gasteiger partial charge < -0.3 is 16.0 Å². The minimum Gasteiger partial charge on any atom is -0.389 e. The number of hydrogen-bond donors (Lipinski definition) is 2. The second-order valence-corrected chi connectivity index (χ2v) is 5.37. The summed E-state index contributed by atoms with van der Waals surface area (Å²) in [6.45, 7) is 5.38. The SMILES string of the molecule is CCN1CCCC(Nc2ccc(F)cc2C(N)=S)C1. The third kappa shape index (κ3) is 3.64. The number of benzene rings is 1. The quantitative estimate of drug-likeness (QED) is 0.831. The molecule has 0 amide bonds. The highest BCUT2D eigenvalue weighted by Gasteiger charge is 2.19. The second-order valence-electron chi connectivity index (χ2n) is 4.93. The molecule has 5 heteroatoms. The summed E-state index contributed by atoms with van der Waals surface area (Å²) in [5, 5.41) is 3.45. The van der Waals surface area contributed by atoms with Crippen molar-refractivity contribution in [2.24, 2.45) is 5.73 Å². The zero-order valence-electron chi connectivity index (χ0n) is 11.2. The Kier molecular flexibility index (Phi) is 4.71. The van der Waals surface area contributed by atoms with E-state index in [1.54, 1.807) is 6.07 Å². The Balaban J connectivity index is 2.12. The van der Waals surface area contributed by atoms with Gasteiger partial charge in [0.2, 0.25) is 0 Å². The van der Waals surface area contributed by atoms with Crippen LogP contribution < -0.4 is 11.1 Å². The van der Waals surface area contributed by atoms with Crippen molar-refractivity contribution in [1.82, 2.24) is 4.90 Å². The van der Waals surface area contributed by atoms with Gasteiger partial charge in [-0.25, -0.2) is 4.39 Å².